The molecule has 8 nitrogen and oxygen atoms in total. The van der Waals surface area contributed by atoms with Crippen molar-refractivity contribution >= 4 is 35.0 Å². The van der Waals surface area contributed by atoms with Crippen LogP contribution in [0, 0.1) is 23.7 Å². The summed E-state index contributed by atoms with van der Waals surface area (Å²) in [5.74, 6) is -1.39. The summed E-state index contributed by atoms with van der Waals surface area (Å²) < 4.78 is 12.3. The van der Waals surface area contributed by atoms with Gasteiger partial charge in [0.15, 0.2) is 0 Å². The number of rotatable bonds is 6. The lowest BCUT2D eigenvalue weighted by molar-refractivity contribution is -0.143. The van der Waals surface area contributed by atoms with E-state index in [0.29, 0.717) is 35.7 Å². The van der Waals surface area contributed by atoms with E-state index in [2.05, 4.69) is 24.5 Å². The zero-order valence-corrected chi connectivity index (χ0v) is 22.7. The van der Waals surface area contributed by atoms with Crippen molar-refractivity contribution in [2.24, 2.45) is 23.7 Å². The van der Waals surface area contributed by atoms with E-state index in [9.17, 15) is 14.4 Å². The molecule has 1 aromatic carbocycles. The standard InChI is InChI=1S/C29H36ClN3O5/c1-16-6-3-10-21(17(16)2)32-27(35)25-29-12-11-22(38-29)23(26(34)31-19-8-4-7-18(30)14-19)24(29)28(36)33(25)15-20-9-5-13-37-20/h4,7-8,11-12,14,16-17,20-25H,3,5-6,9-10,13,15H2,1-2H3,(H,31,34)(H,32,35)/t16-,17+,20+,21+,22-,23+,24-,25+,29+/m1/s1. The first-order valence-corrected chi connectivity index (χ1v) is 14.3. The first kappa shape index (κ1) is 25.8. The maximum atomic E-state index is 14.1. The number of carbonyl (C=O) groups excluding carboxylic acids is 3. The zero-order chi connectivity index (χ0) is 26.6. The third-order valence-corrected chi connectivity index (χ3v) is 9.71. The van der Waals surface area contributed by atoms with Crippen LogP contribution in [0.3, 0.4) is 0 Å². The Morgan fingerprint density at radius 1 is 1.16 bits per heavy atom. The number of amides is 3. The quantitative estimate of drug-likeness (QED) is 0.537. The summed E-state index contributed by atoms with van der Waals surface area (Å²) in [5, 5.41) is 6.71. The number of hydrogen-bond acceptors (Lipinski definition) is 5. The fraction of sp³-hybridized carbons (Fsp3) is 0.621. The number of ether oxygens (including phenoxy) is 2. The second-order valence-corrected chi connectivity index (χ2v) is 12.1. The minimum Gasteiger partial charge on any atom is -0.376 e. The molecule has 1 aliphatic carbocycles. The lowest BCUT2D eigenvalue weighted by atomic mass is 9.73. The molecular formula is C29H36ClN3O5. The van der Waals surface area contributed by atoms with Crippen LogP contribution in [0.5, 0.6) is 0 Å². The predicted octanol–water partition coefficient (Wildman–Crippen LogP) is 3.55. The topological polar surface area (TPSA) is 97.0 Å². The summed E-state index contributed by atoms with van der Waals surface area (Å²) in [6, 6.07) is 6.11. The molecule has 9 atom stereocenters. The number of hydrogen-bond donors (Lipinski definition) is 2. The Kier molecular flexibility index (Phi) is 6.77. The molecule has 1 aromatic rings. The van der Waals surface area contributed by atoms with Gasteiger partial charge in [-0.2, -0.15) is 0 Å². The van der Waals surface area contributed by atoms with Crippen molar-refractivity contribution < 1.29 is 23.9 Å². The molecule has 4 heterocycles. The molecule has 1 spiro atoms. The summed E-state index contributed by atoms with van der Waals surface area (Å²) >= 11 is 6.11. The van der Waals surface area contributed by atoms with Crippen LogP contribution in [0.1, 0.15) is 46.0 Å². The van der Waals surface area contributed by atoms with Crippen LogP contribution in [0.4, 0.5) is 5.69 Å². The summed E-state index contributed by atoms with van der Waals surface area (Å²) in [7, 11) is 0. The maximum absolute atomic E-state index is 14.1. The second-order valence-electron chi connectivity index (χ2n) is 11.7. The Morgan fingerprint density at radius 3 is 2.76 bits per heavy atom. The molecule has 204 valence electrons. The Balaban J connectivity index is 1.30. The molecule has 3 amide bonds. The van der Waals surface area contributed by atoms with Gasteiger partial charge in [0.25, 0.3) is 0 Å². The summed E-state index contributed by atoms with van der Waals surface area (Å²) in [6.07, 6.45) is 7.91. The van der Waals surface area contributed by atoms with Crippen LogP contribution in [0.15, 0.2) is 36.4 Å². The van der Waals surface area contributed by atoms with E-state index in [4.69, 9.17) is 21.1 Å². The van der Waals surface area contributed by atoms with Crippen LogP contribution in [-0.2, 0) is 23.9 Å². The van der Waals surface area contributed by atoms with Gasteiger partial charge in [-0.25, -0.2) is 0 Å². The molecule has 4 aliphatic heterocycles. The molecule has 0 radical (unpaired) electrons. The van der Waals surface area contributed by atoms with Crippen molar-refractivity contribution in [2.45, 2.75) is 75.8 Å². The van der Waals surface area contributed by atoms with Gasteiger partial charge >= 0.3 is 0 Å². The predicted molar refractivity (Wildman–Crippen MR) is 142 cm³/mol. The molecule has 6 rings (SSSR count). The zero-order valence-electron chi connectivity index (χ0n) is 21.9. The van der Waals surface area contributed by atoms with Crippen LogP contribution >= 0.6 is 11.6 Å². The Labute approximate surface area is 228 Å². The van der Waals surface area contributed by atoms with Crippen molar-refractivity contribution in [3.63, 3.8) is 0 Å². The Hall–Kier alpha value is -2.42. The average molecular weight is 542 g/mol. The summed E-state index contributed by atoms with van der Waals surface area (Å²) in [6.45, 7) is 5.39. The van der Waals surface area contributed by atoms with Crippen LogP contribution in [0.2, 0.25) is 5.02 Å². The summed E-state index contributed by atoms with van der Waals surface area (Å²) in [5.41, 5.74) is -0.621. The van der Waals surface area contributed by atoms with Crippen molar-refractivity contribution in [3.05, 3.63) is 41.4 Å². The fourth-order valence-corrected chi connectivity index (χ4v) is 7.50. The molecule has 9 heteroatoms. The highest BCUT2D eigenvalue weighted by Gasteiger charge is 2.73. The highest BCUT2D eigenvalue weighted by molar-refractivity contribution is 6.30. The normalized spacial score (nSPS) is 39.4. The molecule has 0 unspecified atom stereocenters. The van der Waals surface area contributed by atoms with Crippen LogP contribution < -0.4 is 10.6 Å². The minimum absolute atomic E-state index is 0.0471. The SMILES string of the molecule is C[C@H]1[C@H](C)CCC[C@@H]1NC(=O)[C@@H]1N(C[C@@H]2CCCO2)C(=O)[C@H]2[C@@H](C(=O)Nc3cccc(Cl)c3)[C@H]3C=C[C@@]12O3. The van der Waals surface area contributed by atoms with E-state index in [1.807, 2.05) is 12.2 Å². The molecular weight excluding hydrogens is 506 g/mol. The largest absolute Gasteiger partial charge is 0.376 e. The van der Waals surface area contributed by atoms with E-state index in [1.54, 1.807) is 29.2 Å². The highest BCUT2D eigenvalue weighted by atomic mass is 35.5. The van der Waals surface area contributed by atoms with E-state index in [0.717, 1.165) is 32.1 Å². The van der Waals surface area contributed by atoms with Gasteiger partial charge in [0, 0.05) is 29.9 Å². The molecule has 38 heavy (non-hydrogen) atoms. The monoisotopic (exact) mass is 541 g/mol. The van der Waals surface area contributed by atoms with Gasteiger partial charge in [-0.05, 0) is 49.3 Å². The number of likely N-dealkylation sites (tertiary alicyclic amines) is 1. The average Bonchev–Trinajstić information content (AvgIpc) is 3.65. The van der Waals surface area contributed by atoms with Gasteiger partial charge in [-0.1, -0.05) is 56.5 Å². The van der Waals surface area contributed by atoms with Crippen molar-refractivity contribution in [2.75, 3.05) is 18.5 Å². The van der Waals surface area contributed by atoms with E-state index in [-0.39, 0.29) is 29.9 Å². The van der Waals surface area contributed by atoms with E-state index < -0.39 is 29.6 Å². The van der Waals surface area contributed by atoms with Gasteiger partial charge in [-0.15, -0.1) is 0 Å². The highest BCUT2D eigenvalue weighted by Crippen LogP contribution is 2.55. The lowest BCUT2D eigenvalue weighted by Gasteiger charge is -2.38. The Morgan fingerprint density at radius 2 is 2.00 bits per heavy atom. The van der Waals surface area contributed by atoms with E-state index in [1.165, 1.54) is 0 Å². The first-order chi connectivity index (χ1) is 18.3. The number of halogens is 1. The second kappa shape index (κ2) is 9.96. The number of anilines is 1. The molecule has 5 aliphatic rings. The van der Waals surface area contributed by atoms with Gasteiger partial charge in [-0.3, -0.25) is 14.4 Å². The maximum Gasteiger partial charge on any atom is 0.246 e. The molecule has 2 N–H and O–H groups in total. The van der Waals surface area contributed by atoms with Crippen molar-refractivity contribution in [1.82, 2.24) is 10.2 Å². The molecule has 0 aromatic heterocycles. The van der Waals surface area contributed by atoms with Gasteiger partial charge < -0.3 is 25.0 Å². The van der Waals surface area contributed by atoms with Crippen molar-refractivity contribution in [3.8, 4) is 0 Å². The first-order valence-electron chi connectivity index (χ1n) is 13.9. The number of nitrogens with zero attached hydrogens (tertiary/aromatic N) is 1. The van der Waals surface area contributed by atoms with Crippen LogP contribution in [0.25, 0.3) is 0 Å². The molecule has 4 fully saturated rings. The van der Waals surface area contributed by atoms with Gasteiger partial charge in [0.05, 0.1) is 24.0 Å². The fourth-order valence-electron chi connectivity index (χ4n) is 7.31. The molecule has 1 saturated carbocycles. The minimum atomic E-state index is -1.18. The molecule has 2 bridgehead atoms. The van der Waals surface area contributed by atoms with Gasteiger partial charge in [0.1, 0.15) is 11.6 Å². The number of nitrogens with one attached hydrogen (secondary N) is 2. The third-order valence-electron chi connectivity index (χ3n) is 9.48. The third kappa shape index (κ3) is 4.25. The van der Waals surface area contributed by atoms with Crippen LogP contribution in [-0.4, -0.2) is 65.7 Å². The van der Waals surface area contributed by atoms with Crippen molar-refractivity contribution in [1.29, 1.82) is 0 Å². The smallest absolute Gasteiger partial charge is 0.246 e. The number of carbonyl (C=O) groups is 3. The summed E-state index contributed by atoms with van der Waals surface area (Å²) in [4.78, 5) is 43.3. The lowest BCUT2D eigenvalue weighted by Crippen LogP contribution is -2.58. The van der Waals surface area contributed by atoms with Gasteiger partial charge in [0.2, 0.25) is 17.7 Å². The number of fused-ring (bicyclic) bond motifs is 1. The van der Waals surface area contributed by atoms with E-state index >= 15 is 0 Å². The Bertz CT molecular complexity index is 1150. The molecule has 3 saturated heterocycles. The number of benzene rings is 1.